The fraction of sp³-hybridized carbons (Fsp3) is 0.833. The van der Waals surface area contributed by atoms with E-state index in [0.717, 1.165) is 6.29 Å². The first-order valence-corrected chi connectivity index (χ1v) is 2.95. The highest BCUT2D eigenvalue weighted by atomic mass is 16.6. The first kappa shape index (κ1) is 6.71. The molecule has 52 valence electrons. The van der Waals surface area contributed by atoms with Crippen LogP contribution in [0.3, 0.4) is 0 Å². The number of hydrogen-bond donors (Lipinski definition) is 1. The summed E-state index contributed by atoms with van der Waals surface area (Å²) in [6, 6.07) is 0. The highest BCUT2D eigenvalue weighted by Crippen LogP contribution is 2.30. The molecule has 0 radical (unpaired) electrons. The van der Waals surface area contributed by atoms with E-state index in [2.05, 4.69) is 0 Å². The second-order valence-corrected chi connectivity index (χ2v) is 2.60. The zero-order valence-corrected chi connectivity index (χ0v) is 5.33. The van der Waals surface area contributed by atoms with Crippen LogP contribution in [0.15, 0.2) is 0 Å². The minimum atomic E-state index is -0.894. The van der Waals surface area contributed by atoms with E-state index in [4.69, 9.17) is 9.84 Å². The summed E-state index contributed by atoms with van der Waals surface area (Å²) < 4.78 is 4.78. The molecule has 1 aliphatic rings. The summed E-state index contributed by atoms with van der Waals surface area (Å²) in [5.74, 6) is 0. The fourth-order valence-electron chi connectivity index (χ4n) is 0.821. The average molecular weight is 130 g/mol. The van der Waals surface area contributed by atoms with Gasteiger partial charge in [0.2, 0.25) is 0 Å². The molecule has 1 aliphatic heterocycles. The molecule has 0 aromatic heterocycles. The first-order valence-electron chi connectivity index (χ1n) is 2.95. The van der Waals surface area contributed by atoms with Gasteiger partial charge in [0.05, 0.1) is 12.0 Å². The number of aldehydes is 1. The SMILES string of the molecule is CC1(C=O)CCOC1O. The van der Waals surface area contributed by atoms with Crippen LogP contribution in [0, 0.1) is 5.41 Å². The Bertz CT molecular complexity index is 123. The normalized spacial score (nSPS) is 43.1. The summed E-state index contributed by atoms with van der Waals surface area (Å²) in [5, 5.41) is 8.99. The number of carbonyl (C=O) groups excluding carboxylic acids is 1. The minimum absolute atomic E-state index is 0.483. The van der Waals surface area contributed by atoms with Crippen LogP contribution in [0.4, 0.5) is 0 Å². The van der Waals surface area contributed by atoms with Gasteiger partial charge in [-0.25, -0.2) is 0 Å². The van der Waals surface area contributed by atoms with Crippen molar-refractivity contribution in [1.29, 1.82) is 0 Å². The molecule has 0 bridgehead atoms. The Labute approximate surface area is 53.6 Å². The van der Waals surface area contributed by atoms with Crippen molar-refractivity contribution in [2.45, 2.75) is 19.6 Å². The highest BCUT2D eigenvalue weighted by Gasteiger charge is 2.38. The number of aliphatic hydroxyl groups excluding tert-OH is 1. The standard InChI is InChI=1S/C6H10O3/c1-6(4-7)2-3-9-5(6)8/h4-5,8H,2-3H2,1H3. The zero-order valence-electron chi connectivity index (χ0n) is 5.33. The van der Waals surface area contributed by atoms with E-state index in [1.807, 2.05) is 0 Å². The Morgan fingerprint density at radius 2 is 2.56 bits per heavy atom. The van der Waals surface area contributed by atoms with Crippen LogP contribution in [0.25, 0.3) is 0 Å². The van der Waals surface area contributed by atoms with Gasteiger partial charge < -0.3 is 14.6 Å². The van der Waals surface area contributed by atoms with Gasteiger partial charge in [0.15, 0.2) is 6.29 Å². The van der Waals surface area contributed by atoms with Crippen LogP contribution in [0.1, 0.15) is 13.3 Å². The first-order chi connectivity index (χ1) is 4.19. The Kier molecular flexibility index (Phi) is 1.55. The molecular weight excluding hydrogens is 120 g/mol. The molecule has 1 saturated heterocycles. The summed E-state index contributed by atoms with van der Waals surface area (Å²) in [5.41, 5.74) is -0.653. The molecule has 0 saturated carbocycles. The molecule has 0 amide bonds. The number of hydrogen-bond acceptors (Lipinski definition) is 3. The molecule has 0 spiro atoms. The summed E-state index contributed by atoms with van der Waals surface area (Å²) in [6.07, 6.45) is 0.484. The van der Waals surface area contributed by atoms with Gasteiger partial charge in [-0.15, -0.1) is 0 Å². The van der Waals surface area contributed by atoms with Crippen LogP contribution in [-0.4, -0.2) is 24.3 Å². The van der Waals surface area contributed by atoms with Crippen molar-refractivity contribution in [1.82, 2.24) is 0 Å². The van der Waals surface area contributed by atoms with E-state index < -0.39 is 11.7 Å². The fourth-order valence-corrected chi connectivity index (χ4v) is 0.821. The van der Waals surface area contributed by atoms with Crippen molar-refractivity contribution in [3.05, 3.63) is 0 Å². The van der Waals surface area contributed by atoms with Crippen molar-refractivity contribution in [3.8, 4) is 0 Å². The second-order valence-electron chi connectivity index (χ2n) is 2.60. The molecule has 0 aromatic carbocycles. The van der Waals surface area contributed by atoms with Crippen LogP contribution in [-0.2, 0) is 9.53 Å². The quantitative estimate of drug-likeness (QED) is 0.505. The van der Waals surface area contributed by atoms with Gasteiger partial charge in [-0.2, -0.15) is 0 Å². The van der Waals surface area contributed by atoms with Crippen molar-refractivity contribution in [2.24, 2.45) is 5.41 Å². The number of rotatable bonds is 1. The molecular formula is C6H10O3. The molecule has 9 heavy (non-hydrogen) atoms. The third-order valence-corrected chi connectivity index (χ3v) is 1.75. The Hall–Kier alpha value is -0.410. The zero-order chi connectivity index (χ0) is 6.91. The second kappa shape index (κ2) is 2.08. The van der Waals surface area contributed by atoms with E-state index in [9.17, 15) is 4.79 Å². The van der Waals surface area contributed by atoms with Crippen LogP contribution >= 0.6 is 0 Å². The lowest BCUT2D eigenvalue weighted by atomic mass is 9.91. The molecule has 2 atom stereocenters. The summed E-state index contributed by atoms with van der Waals surface area (Å²) >= 11 is 0. The smallest absolute Gasteiger partial charge is 0.166 e. The third-order valence-electron chi connectivity index (χ3n) is 1.75. The molecule has 1 rings (SSSR count). The predicted molar refractivity (Wildman–Crippen MR) is 30.7 cm³/mol. The number of carbonyl (C=O) groups is 1. The monoisotopic (exact) mass is 130 g/mol. The lowest BCUT2D eigenvalue weighted by Crippen LogP contribution is -2.28. The van der Waals surface area contributed by atoms with E-state index in [1.165, 1.54) is 0 Å². The topological polar surface area (TPSA) is 46.5 Å². The van der Waals surface area contributed by atoms with E-state index in [0.29, 0.717) is 13.0 Å². The number of ether oxygens (including phenoxy) is 1. The summed E-state index contributed by atoms with van der Waals surface area (Å²) in [7, 11) is 0. The molecule has 1 N–H and O–H groups in total. The maximum absolute atomic E-state index is 10.3. The maximum atomic E-state index is 10.3. The van der Waals surface area contributed by atoms with Crippen molar-refractivity contribution < 1.29 is 14.6 Å². The Morgan fingerprint density at radius 3 is 2.78 bits per heavy atom. The summed E-state index contributed by atoms with van der Waals surface area (Å²) in [4.78, 5) is 10.3. The predicted octanol–water partition coefficient (Wildman–Crippen LogP) is -0.0697. The Morgan fingerprint density at radius 1 is 1.89 bits per heavy atom. The molecule has 0 aromatic rings. The van der Waals surface area contributed by atoms with E-state index in [-0.39, 0.29) is 0 Å². The van der Waals surface area contributed by atoms with Crippen LogP contribution < -0.4 is 0 Å². The van der Waals surface area contributed by atoms with Gasteiger partial charge in [-0.3, -0.25) is 0 Å². The molecule has 1 heterocycles. The Balaban J connectivity index is 2.66. The van der Waals surface area contributed by atoms with Crippen LogP contribution in [0.5, 0.6) is 0 Å². The van der Waals surface area contributed by atoms with Crippen molar-refractivity contribution in [3.63, 3.8) is 0 Å². The lowest BCUT2D eigenvalue weighted by Gasteiger charge is -2.17. The third kappa shape index (κ3) is 0.976. The van der Waals surface area contributed by atoms with Crippen molar-refractivity contribution in [2.75, 3.05) is 6.61 Å². The van der Waals surface area contributed by atoms with Crippen LogP contribution in [0.2, 0.25) is 0 Å². The van der Waals surface area contributed by atoms with Gasteiger partial charge in [0, 0.05) is 0 Å². The van der Waals surface area contributed by atoms with Gasteiger partial charge in [-0.05, 0) is 13.3 Å². The number of aliphatic hydroxyl groups is 1. The molecule has 3 heteroatoms. The van der Waals surface area contributed by atoms with Gasteiger partial charge in [0.1, 0.15) is 6.29 Å². The van der Waals surface area contributed by atoms with Crippen molar-refractivity contribution >= 4 is 6.29 Å². The van der Waals surface area contributed by atoms with Gasteiger partial charge >= 0.3 is 0 Å². The lowest BCUT2D eigenvalue weighted by molar-refractivity contribution is -0.138. The van der Waals surface area contributed by atoms with E-state index >= 15 is 0 Å². The molecule has 1 fully saturated rings. The molecule has 0 aliphatic carbocycles. The largest absolute Gasteiger partial charge is 0.367 e. The van der Waals surface area contributed by atoms with Gasteiger partial charge in [-0.1, -0.05) is 0 Å². The minimum Gasteiger partial charge on any atom is -0.367 e. The van der Waals surface area contributed by atoms with E-state index in [1.54, 1.807) is 6.92 Å². The molecule has 3 nitrogen and oxygen atoms in total. The highest BCUT2D eigenvalue weighted by molar-refractivity contribution is 5.59. The average Bonchev–Trinajstić information content (AvgIpc) is 2.15. The van der Waals surface area contributed by atoms with Gasteiger partial charge in [0.25, 0.3) is 0 Å². The summed E-state index contributed by atoms with van der Waals surface area (Å²) in [6.45, 7) is 2.17. The maximum Gasteiger partial charge on any atom is 0.166 e. The molecule has 2 unspecified atom stereocenters.